The smallest absolute Gasteiger partial charge is 0.0540 e. The zero-order chi connectivity index (χ0) is 20.5. The van der Waals surface area contributed by atoms with Gasteiger partial charge in [-0.2, -0.15) is 0 Å². The van der Waals surface area contributed by atoms with Crippen LogP contribution in [0.2, 0.25) is 0 Å². The molecule has 0 aromatic heterocycles. The van der Waals surface area contributed by atoms with Crippen molar-refractivity contribution in [2.24, 2.45) is 0 Å². The van der Waals surface area contributed by atoms with Gasteiger partial charge in [0.1, 0.15) is 0 Å². The molecule has 4 fully saturated rings. The number of aliphatic hydroxyl groups is 4. The first-order chi connectivity index (χ1) is 13.6. The number of rotatable bonds is 0. The molecule has 4 aliphatic carbocycles. The Morgan fingerprint density at radius 3 is 0.483 bits per heavy atom. The van der Waals surface area contributed by atoms with Crippen LogP contribution in [0.1, 0.15) is 128 Å². The quantitative estimate of drug-likeness (QED) is 0.406. The molecule has 4 rings (SSSR count). The predicted molar refractivity (Wildman–Crippen MR) is 116 cm³/mol. The van der Waals surface area contributed by atoms with E-state index in [2.05, 4.69) is 0 Å². The largest absolute Gasteiger partial charge is 0.393 e. The molecule has 5 heteroatoms. The molecule has 4 N–H and O–H groups in total. The van der Waals surface area contributed by atoms with Gasteiger partial charge < -0.3 is 20.4 Å². The van der Waals surface area contributed by atoms with Gasteiger partial charge in [-0.3, -0.25) is 0 Å². The molecule has 0 heterocycles. The fourth-order valence-corrected chi connectivity index (χ4v) is 4.32. The second-order valence-corrected chi connectivity index (χ2v) is 9.17. The predicted octanol–water partition coefficient (Wildman–Crippen LogP) is 5.24. The van der Waals surface area contributed by atoms with E-state index < -0.39 is 0 Å². The van der Waals surface area contributed by atoms with Gasteiger partial charge in [-0.1, -0.05) is 77.0 Å². The third kappa shape index (κ3) is 18.9. The molecular formula is C24H48O4V. The van der Waals surface area contributed by atoms with Crippen molar-refractivity contribution in [3.8, 4) is 0 Å². The van der Waals surface area contributed by atoms with Crippen molar-refractivity contribution >= 4 is 0 Å². The molecule has 0 atom stereocenters. The summed E-state index contributed by atoms with van der Waals surface area (Å²) in [4.78, 5) is 0. The molecule has 0 aromatic carbocycles. The molecule has 4 saturated carbocycles. The number of hydrogen-bond donors (Lipinski definition) is 4. The van der Waals surface area contributed by atoms with E-state index in [0.717, 1.165) is 51.4 Å². The summed E-state index contributed by atoms with van der Waals surface area (Å²) in [6, 6.07) is 0. The first kappa shape index (κ1) is 29.4. The monoisotopic (exact) mass is 451 g/mol. The Kier molecular flexibility index (Phi) is 20.6. The van der Waals surface area contributed by atoms with E-state index in [1.165, 1.54) is 77.0 Å². The van der Waals surface area contributed by atoms with Gasteiger partial charge in [-0.05, 0) is 51.4 Å². The summed E-state index contributed by atoms with van der Waals surface area (Å²) in [5.74, 6) is 0. The Bertz CT molecular complexity index is 255. The summed E-state index contributed by atoms with van der Waals surface area (Å²) < 4.78 is 0. The summed E-state index contributed by atoms with van der Waals surface area (Å²) in [6.07, 6.45) is 23.7. The summed E-state index contributed by atoms with van der Waals surface area (Å²) in [6.45, 7) is 0. The Morgan fingerprint density at radius 2 is 0.414 bits per heavy atom. The second-order valence-electron chi connectivity index (χ2n) is 9.17. The van der Waals surface area contributed by atoms with Gasteiger partial charge in [0.15, 0.2) is 0 Å². The third-order valence-corrected chi connectivity index (χ3v) is 6.30. The van der Waals surface area contributed by atoms with Gasteiger partial charge in [0.05, 0.1) is 24.4 Å². The fourth-order valence-electron chi connectivity index (χ4n) is 4.32. The van der Waals surface area contributed by atoms with Crippen LogP contribution >= 0.6 is 0 Å². The molecule has 4 nitrogen and oxygen atoms in total. The Hall–Kier alpha value is 0.424. The molecular weight excluding hydrogens is 403 g/mol. The first-order valence-electron chi connectivity index (χ1n) is 12.3. The van der Waals surface area contributed by atoms with Gasteiger partial charge in [0, 0.05) is 18.6 Å². The fraction of sp³-hybridized carbons (Fsp3) is 1.00. The standard InChI is InChI=1S/4C6H12O.V/c4*7-6-4-2-1-3-5-6;/h4*6-7H,1-5H2;. The van der Waals surface area contributed by atoms with E-state index >= 15 is 0 Å². The average molecular weight is 452 g/mol. The minimum Gasteiger partial charge on any atom is -0.393 e. The normalized spacial score (nSPS) is 24.4. The molecule has 1 radical (unpaired) electrons. The van der Waals surface area contributed by atoms with Crippen molar-refractivity contribution in [1.29, 1.82) is 0 Å². The molecule has 173 valence electrons. The van der Waals surface area contributed by atoms with Crippen LogP contribution in [0.4, 0.5) is 0 Å². The molecule has 0 aliphatic heterocycles. The van der Waals surface area contributed by atoms with E-state index in [4.69, 9.17) is 20.4 Å². The molecule has 0 unspecified atom stereocenters. The zero-order valence-electron chi connectivity index (χ0n) is 18.7. The van der Waals surface area contributed by atoms with Crippen molar-refractivity contribution in [3.63, 3.8) is 0 Å². The molecule has 0 aromatic rings. The van der Waals surface area contributed by atoms with Crippen LogP contribution < -0.4 is 0 Å². The topological polar surface area (TPSA) is 80.9 Å². The van der Waals surface area contributed by atoms with Crippen molar-refractivity contribution < 1.29 is 39.0 Å². The third-order valence-electron chi connectivity index (χ3n) is 6.30. The number of aliphatic hydroxyl groups excluding tert-OH is 4. The van der Waals surface area contributed by atoms with Crippen molar-refractivity contribution in [2.45, 2.75) is 153 Å². The van der Waals surface area contributed by atoms with Crippen LogP contribution in [-0.2, 0) is 18.6 Å². The Morgan fingerprint density at radius 1 is 0.276 bits per heavy atom. The van der Waals surface area contributed by atoms with E-state index in [1.54, 1.807) is 0 Å². The first-order valence-corrected chi connectivity index (χ1v) is 12.3. The molecule has 0 amide bonds. The molecule has 0 bridgehead atoms. The van der Waals surface area contributed by atoms with E-state index in [9.17, 15) is 0 Å². The minimum atomic E-state index is 0. The van der Waals surface area contributed by atoms with Gasteiger partial charge in [-0.15, -0.1) is 0 Å². The maximum Gasteiger partial charge on any atom is 0.0540 e. The summed E-state index contributed by atoms with van der Waals surface area (Å²) in [7, 11) is 0. The van der Waals surface area contributed by atoms with Gasteiger partial charge in [0.2, 0.25) is 0 Å². The zero-order valence-corrected chi connectivity index (χ0v) is 20.1. The van der Waals surface area contributed by atoms with Crippen molar-refractivity contribution in [2.75, 3.05) is 0 Å². The van der Waals surface area contributed by atoms with Crippen LogP contribution in [0.3, 0.4) is 0 Å². The number of hydrogen-bond acceptors (Lipinski definition) is 4. The summed E-state index contributed by atoms with van der Waals surface area (Å²) in [5, 5.41) is 35.6. The minimum absolute atomic E-state index is 0. The van der Waals surface area contributed by atoms with Crippen LogP contribution in [0, 0.1) is 0 Å². The van der Waals surface area contributed by atoms with Crippen molar-refractivity contribution in [1.82, 2.24) is 0 Å². The van der Waals surface area contributed by atoms with E-state index in [0.29, 0.717) is 0 Å². The Balaban J connectivity index is 0.000000356. The molecule has 0 spiro atoms. The van der Waals surface area contributed by atoms with Crippen LogP contribution in [0.15, 0.2) is 0 Å². The average Bonchev–Trinajstić information content (AvgIpc) is 2.72. The van der Waals surface area contributed by atoms with Crippen LogP contribution in [-0.4, -0.2) is 44.8 Å². The van der Waals surface area contributed by atoms with Gasteiger partial charge >= 0.3 is 0 Å². The Labute approximate surface area is 191 Å². The van der Waals surface area contributed by atoms with E-state index in [1.807, 2.05) is 0 Å². The molecule has 4 aliphatic rings. The van der Waals surface area contributed by atoms with Crippen LogP contribution in [0.5, 0.6) is 0 Å². The second kappa shape index (κ2) is 20.3. The maximum atomic E-state index is 8.91. The maximum absolute atomic E-state index is 8.91. The van der Waals surface area contributed by atoms with E-state index in [-0.39, 0.29) is 43.0 Å². The van der Waals surface area contributed by atoms with Gasteiger partial charge in [-0.25, -0.2) is 0 Å². The molecule has 0 saturated heterocycles. The summed E-state index contributed by atoms with van der Waals surface area (Å²) in [5.41, 5.74) is 0. The van der Waals surface area contributed by atoms with Crippen molar-refractivity contribution in [3.05, 3.63) is 0 Å². The molecule has 29 heavy (non-hydrogen) atoms. The summed E-state index contributed by atoms with van der Waals surface area (Å²) >= 11 is 0. The van der Waals surface area contributed by atoms with Gasteiger partial charge in [0.25, 0.3) is 0 Å². The van der Waals surface area contributed by atoms with Crippen LogP contribution in [0.25, 0.3) is 0 Å². The SMILES string of the molecule is OC1CCCCC1.OC1CCCCC1.OC1CCCCC1.OC1CCCCC1.[V].